The van der Waals surface area contributed by atoms with Crippen molar-refractivity contribution in [2.45, 2.75) is 58.3 Å². The number of amides is 5. The summed E-state index contributed by atoms with van der Waals surface area (Å²) >= 11 is 0. The van der Waals surface area contributed by atoms with Crippen molar-refractivity contribution in [3.63, 3.8) is 0 Å². The summed E-state index contributed by atoms with van der Waals surface area (Å²) in [6.45, 7) is 2.06. The summed E-state index contributed by atoms with van der Waals surface area (Å²) in [5.74, 6) is -3.18. The number of imide groups is 2. The van der Waals surface area contributed by atoms with Crippen molar-refractivity contribution in [3.05, 3.63) is 11.6 Å². The first-order valence-electron chi connectivity index (χ1n) is 8.67. The van der Waals surface area contributed by atoms with E-state index >= 15 is 0 Å². The van der Waals surface area contributed by atoms with Gasteiger partial charge in [-0.15, -0.1) is 0 Å². The van der Waals surface area contributed by atoms with Crippen LogP contribution in [0, 0.1) is 0 Å². The van der Waals surface area contributed by atoms with Crippen molar-refractivity contribution in [1.82, 2.24) is 15.8 Å². The van der Waals surface area contributed by atoms with E-state index in [1.165, 1.54) is 0 Å². The molecule has 0 aromatic heterocycles. The highest BCUT2D eigenvalue weighted by Crippen LogP contribution is 2.12. The number of nitrogens with one attached hydrogen (secondary N) is 2. The Morgan fingerprint density at radius 3 is 2.22 bits per heavy atom. The molecule has 5 amide bonds. The van der Waals surface area contributed by atoms with Gasteiger partial charge in [0.05, 0.1) is 0 Å². The predicted octanol–water partition coefficient (Wildman–Crippen LogP) is 0.181. The first kappa shape index (κ1) is 22.0. The lowest BCUT2D eigenvalue weighted by atomic mass is 10.1. The molecule has 0 unspecified atom stereocenters. The van der Waals surface area contributed by atoms with Gasteiger partial charge in [-0.2, -0.15) is 5.01 Å². The number of unbranched alkanes of at least 4 members (excludes halogenated alkanes) is 2. The van der Waals surface area contributed by atoms with Crippen molar-refractivity contribution in [2.24, 2.45) is 0 Å². The first-order valence-corrected chi connectivity index (χ1v) is 8.67. The maximum absolute atomic E-state index is 11.5. The van der Waals surface area contributed by atoms with E-state index in [-0.39, 0.29) is 31.3 Å². The van der Waals surface area contributed by atoms with Gasteiger partial charge in [0.15, 0.2) is 0 Å². The first-order chi connectivity index (χ1) is 12.7. The van der Waals surface area contributed by atoms with Gasteiger partial charge < -0.3 is 5.11 Å². The van der Waals surface area contributed by atoms with Crippen LogP contribution in [0.3, 0.4) is 0 Å². The zero-order valence-corrected chi connectivity index (χ0v) is 15.1. The number of carboxylic acid groups (broad SMARTS) is 1. The molecule has 0 radical (unpaired) electrons. The lowest BCUT2D eigenvalue weighted by Gasteiger charge is -2.14. The van der Waals surface area contributed by atoms with Crippen LogP contribution in [0.15, 0.2) is 11.6 Å². The molecule has 0 spiro atoms. The van der Waals surface area contributed by atoms with Crippen LogP contribution in [-0.2, 0) is 28.8 Å². The highest BCUT2D eigenvalue weighted by atomic mass is 16.4. The number of carbonyl (C=O) groups excluding carboxylic acids is 5. The molecule has 27 heavy (non-hydrogen) atoms. The van der Waals surface area contributed by atoms with E-state index in [2.05, 4.69) is 17.7 Å². The van der Waals surface area contributed by atoms with Crippen LogP contribution < -0.4 is 10.7 Å². The van der Waals surface area contributed by atoms with Crippen LogP contribution in [0.2, 0.25) is 0 Å². The van der Waals surface area contributed by atoms with Crippen molar-refractivity contribution >= 4 is 35.5 Å². The van der Waals surface area contributed by atoms with Crippen molar-refractivity contribution in [1.29, 1.82) is 0 Å². The van der Waals surface area contributed by atoms with Crippen LogP contribution >= 0.6 is 0 Å². The summed E-state index contributed by atoms with van der Waals surface area (Å²) in [6, 6.07) is 0. The molecule has 2 rings (SSSR count). The second kappa shape index (κ2) is 10.8. The Morgan fingerprint density at radius 2 is 1.74 bits per heavy atom. The summed E-state index contributed by atoms with van der Waals surface area (Å²) in [5.41, 5.74) is 2.39. The van der Waals surface area contributed by atoms with E-state index in [0.29, 0.717) is 11.4 Å². The van der Waals surface area contributed by atoms with E-state index in [1.807, 2.05) is 0 Å². The molecule has 2 aliphatic rings. The Labute approximate surface area is 155 Å². The van der Waals surface area contributed by atoms with Gasteiger partial charge in [-0.05, 0) is 12.8 Å². The zero-order valence-electron chi connectivity index (χ0n) is 15.1. The van der Waals surface area contributed by atoms with E-state index in [0.717, 1.165) is 25.3 Å². The third kappa shape index (κ3) is 7.80. The minimum absolute atomic E-state index is 0.0691. The third-order valence-corrected chi connectivity index (χ3v) is 3.74. The summed E-state index contributed by atoms with van der Waals surface area (Å²) in [4.78, 5) is 66.0. The fourth-order valence-corrected chi connectivity index (χ4v) is 2.29. The van der Waals surface area contributed by atoms with Crippen LogP contribution in [0.4, 0.5) is 0 Å². The molecular formula is C17H23N3O7. The smallest absolute Gasteiger partial charge is 0.303 e. The SMILES string of the molecule is CCCCCC(=O)O.O=C1C=C(CCC(=O)NN2C(=O)CCC2=O)C(=O)N1. The maximum atomic E-state index is 11.5. The van der Waals surface area contributed by atoms with Crippen LogP contribution in [0.25, 0.3) is 0 Å². The summed E-state index contributed by atoms with van der Waals surface area (Å²) in [5, 5.41) is 10.9. The number of carboxylic acids is 1. The Bertz CT molecular complexity index is 653. The standard InChI is InChI=1S/C11H11N3O5.C6H12O2/c15-7(13-14-9(17)3-4-10(14)18)2-1-6-5-8(16)12-11(6)19;1-2-3-4-5-6(7)8/h5H,1-4H2,(H,13,15)(H,12,16,19);2-5H2,1H3,(H,7,8). The number of carbonyl (C=O) groups is 6. The molecule has 0 aliphatic carbocycles. The molecule has 1 saturated heterocycles. The van der Waals surface area contributed by atoms with Gasteiger partial charge in [0, 0.05) is 37.3 Å². The molecule has 148 valence electrons. The van der Waals surface area contributed by atoms with E-state index in [9.17, 15) is 28.8 Å². The minimum Gasteiger partial charge on any atom is -0.481 e. The molecule has 2 heterocycles. The predicted molar refractivity (Wildman–Crippen MR) is 91.5 cm³/mol. The number of hydrazine groups is 1. The Hall–Kier alpha value is -3.04. The summed E-state index contributed by atoms with van der Waals surface area (Å²) < 4.78 is 0. The van der Waals surface area contributed by atoms with Gasteiger partial charge in [0.2, 0.25) is 17.7 Å². The number of aliphatic carboxylic acids is 1. The van der Waals surface area contributed by atoms with Gasteiger partial charge in [-0.25, -0.2) is 0 Å². The van der Waals surface area contributed by atoms with Crippen LogP contribution in [-0.4, -0.2) is 45.6 Å². The normalized spacial score (nSPS) is 15.9. The zero-order chi connectivity index (χ0) is 20.4. The Balaban J connectivity index is 0.000000387. The fraction of sp³-hybridized carbons (Fsp3) is 0.529. The third-order valence-electron chi connectivity index (χ3n) is 3.74. The van der Waals surface area contributed by atoms with Gasteiger partial charge in [0.1, 0.15) is 0 Å². The molecule has 10 heteroatoms. The molecular weight excluding hydrogens is 358 g/mol. The molecule has 0 aromatic rings. The molecule has 10 nitrogen and oxygen atoms in total. The molecule has 0 saturated carbocycles. The monoisotopic (exact) mass is 381 g/mol. The van der Waals surface area contributed by atoms with Crippen molar-refractivity contribution < 1.29 is 33.9 Å². The van der Waals surface area contributed by atoms with E-state index in [4.69, 9.17) is 5.11 Å². The summed E-state index contributed by atoms with van der Waals surface area (Å²) in [7, 11) is 0. The van der Waals surface area contributed by atoms with Gasteiger partial charge in [-0.3, -0.25) is 39.5 Å². The van der Waals surface area contributed by atoms with Crippen molar-refractivity contribution in [3.8, 4) is 0 Å². The van der Waals surface area contributed by atoms with Gasteiger partial charge >= 0.3 is 5.97 Å². The largest absolute Gasteiger partial charge is 0.481 e. The number of nitrogens with zero attached hydrogens (tertiary/aromatic N) is 1. The number of hydrogen-bond acceptors (Lipinski definition) is 6. The van der Waals surface area contributed by atoms with Crippen LogP contribution in [0.1, 0.15) is 58.3 Å². The highest BCUT2D eigenvalue weighted by molar-refractivity contribution is 6.16. The quantitative estimate of drug-likeness (QED) is 0.401. The average Bonchev–Trinajstić information content (AvgIpc) is 3.08. The molecule has 0 bridgehead atoms. The van der Waals surface area contributed by atoms with Crippen molar-refractivity contribution in [2.75, 3.05) is 0 Å². The second-order valence-electron chi connectivity index (χ2n) is 6.00. The number of rotatable bonds is 8. The molecule has 2 aliphatic heterocycles. The average molecular weight is 381 g/mol. The topological polar surface area (TPSA) is 150 Å². The van der Waals surface area contributed by atoms with Crippen LogP contribution in [0.5, 0.6) is 0 Å². The Kier molecular flexibility index (Phi) is 8.83. The molecule has 1 fully saturated rings. The Morgan fingerprint density at radius 1 is 1.11 bits per heavy atom. The van der Waals surface area contributed by atoms with Gasteiger partial charge in [-0.1, -0.05) is 19.8 Å². The molecule has 0 atom stereocenters. The minimum atomic E-state index is -0.682. The molecule has 0 aromatic carbocycles. The van der Waals surface area contributed by atoms with Gasteiger partial charge in [0.25, 0.3) is 11.8 Å². The molecule has 3 N–H and O–H groups in total. The summed E-state index contributed by atoms with van der Waals surface area (Å²) in [6.07, 6.45) is 4.55. The van der Waals surface area contributed by atoms with E-state index < -0.39 is 35.5 Å². The van der Waals surface area contributed by atoms with E-state index in [1.54, 1.807) is 0 Å². The second-order valence-corrected chi connectivity index (χ2v) is 6.00. The highest BCUT2D eigenvalue weighted by Gasteiger charge is 2.30. The maximum Gasteiger partial charge on any atom is 0.303 e. The number of hydrogen-bond donors (Lipinski definition) is 3. The fourth-order valence-electron chi connectivity index (χ4n) is 2.29. The lowest BCUT2D eigenvalue weighted by Crippen LogP contribution is -2.45. The lowest BCUT2D eigenvalue weighted by molar-refractivity contribution is -0.147.